The van der Waals surface area contributed by atoms with Crippen LogP contribution in [0.25, 0.3) is 0 Å². The zero-order chi connectivity index (χ0) is 19.1. The lowest BCUT2D eigenvalue weighted by Crippen LogP contribution is -2.15. The lowest BCUT2D eigenvalue weighted by atomic mass is 10.0. The van der Waals surface area contributed by atoms with E-state index in [0.717, 1.165) is 6.54 Å². The summed E-state index contributed by atoms with van der Waals surface area (Å²) in [6, 6.07) is 8.95. The predicted molar refractivity (Wildman–Crippen MR) is 113 cm³/mol. The van der Waals surface area contributed by atoms with Crippen LogP contribution < -0.4 is 5.32 Å². The molecule has 0 atom stereocenters. The van der Waals surface area contributed by atoms with Crippen molar-refractivity contribution in [3.8, 4) is 0 Å². The third-order valence-electron chi connectivity index (χ3n) is 4.31. The molecule has 0 aliphatic rings. The Morgan fingerprint density at radius 1 is 0.760 bits per heavy atom. The molecule has 0 saturated carbocycles. The lowest BCUT2D eigenvalue weighted by Gasteiger charge is -2.13. The maximum absolute atomic E-state index is 3.53. The highest BCUT2D eigenvalue weighted by atomic mass is 15.1. The van der Waals surface area contributed by atoms with Crippen LogP contribution in [0.2, 0.25) is 0 Å². The van der Waals surface area contributed by atoms with E-state index in [1.807, 2.05) is 13.8 Å². The third kappa shape index (κ3) is 5.19. The lowest BCUT2D eigenvalue weighted by molar-refractivity contribution is -0.432. The Morgan fingerprint density at radius 2 is 1.16 bits per heavy atom. The van der Waals surface area contributed by atoms with E-state index in [0.29, 0.717) is 0 Å². The van der Waals surface area contributed by atoms with Crippen molar-refractivity contribution >= 4 is 17.7 Å². The van der Waals surface area contributed by atoms with Gasteiger partial charge in [0.05, 0.1) is 6.54 Å². The van der Waals surface area contributed by atoms with Gasteiger partial charge in [0.1, 0.15) is 11.4 Å². The zero-order valence-electron chi connectivity index (χ0n) is 17.5. The van der Waals surface area contributed by atoms with Gasteiger partial charge in [-0.3, -0.25) is 0 Å². The third-order valence-corrected chi connectivity index (χ3v) is 4.31. The highest BCUT2D eigenvalue weighted by Crippen LogP contribution is 2.25. The van der Waals surface area contributed by atoms with Gasteiger partial charge in [-0.05, 0) is 70.7 Å². The molecule has 1 N–H and O–H groups in total. The van der Waals surface area contributed by atoms with Gasteiger partial charge in [0.2, 0.25) is 6.34 Å². The molecule has 0 aromatic heterocycles. The Labute approximate surface area is 154 Å². The molecular formula is C23H35N2+. The molecule has 2 heteroatoms. The van der Waals surface area contributed by atoms with Gasteiger partial charge in [-0.1, -0.05) is 49.2 Å². The van der Waals surface area contributed by atoms with Crippen LogP contribution in [0.5, 0.6) is 0 Å². The maximum atomic E-state index is 3.53. The fraction of sp³-hybridized carbons (Fsp3) is 0.435. The molecule has 25 heavy (non-hydrogen) atoms. The van der Waals surface area contributed by atoms with E-state index in [1.165, 1.54) is 44.8 Å². The van der Waals surface area contributed by atoms with Crippen LogP contribution in [0.1, 0.15) is 54.2 Å². The van der Waals surface area contributed by atoms with Gasteiger partial charge in [-0.25, -0.2) is 9.89 Å². The predicted octanol–water partition coefficient (Wildman–Crippen LogP) is 6.37. The Hall–Kier alpha value is -2.09. The molecular weight excluding hydrogens is 304 g/mol. The van der Waals surface area contributed by atoms with Gasteiger partial charge in [0.25, 0.3) is 0 Å². The standard InChI is InChI=1S/C21H28N2.C2H6/c1-8-23(21-18(6)11-15(3)12-19(21)7)13-22-20-16(4)9-14(2)10-17(20)5;1-2/h9-13H,8H2,1-7H3;1-2H3/p+1. The second kappa shape index (κ2) is 9.41. The molecule has 136 valence electrons. The normalized spacial score (nSPS) is 11.0. The Bertz CT molecular complexity index is 709. The summed E-state index contributed by atoms with van der Waals surface area (Å²) in [6.45, 7) is 20.1. The number of aryl methyl sites for hydroxylation is 6. The molecule has 0 aliphatic heterocycles. The molecule has 0 saturated heterocycles. The smallest absolute Gasteiger partial charge is 0.242 e. The van der Waals surface area contributed by atoms with Gasteiger partial charge in [-0.2, -0.15) is 0 Å². The largest absolute Gasteiger partial charge is 0.247 e. The molecule has 0 amide bonds. The molecule has 0 heterocycles. The average molecular weight is 340 g/mol. The molecule has 0 spiro atoms. The quantitative estimate of drug-likeness (QED) is 0.389. The fourth-order valence-electron chi connectivity index (χ4n) is 3.49. The summed E-state index contributed by atoms with van der Waals surface area (Å²) in [6.07, 6.45) is 2.11. The van der Waals surface area contributed by atoms with Crippen molar-refractivity contribution in [2.45, 2.75) is 62.3 Å². The topological polar surface area (TPSA) is 15.0 Å². The number of hydrogen-bond donors (Lipinski definition) is 1. The minimum absolute atomic E-state index is 0.932. The number of nitrogens with one attached hydrogen (secondary N) is 1. The first-order chi connectivity index (χ1) is 11.8. The summed E-state index contributed by atoms with van der Waals surface area (Å²) in [5.74, 6) is 0. The number of benzene rings is 2. The molecule has 0 fully saturated rings. The van der Waals surface area contributed by atoms with E-state index in [1.54, 1.807) is 0 Å². The van der Waals surface area contributed by atoms with E-state index in [-0.39, 0.29) is 0 Å². The van der Waals surface area contributed by atoms with E-state index in [4.69, 9.17) is 0 Å². The number of hydrogen-bond acceptors (Lipinski definition) is 0. The number of nitrogens with zero attached hydrogens (tertiary/aromatic N) is 1. The zero-order valence-corrected chi connectivity index (χ0v) is 17.5. The van der Waals surface area contributed by atoms with Crippen molar-refractivity contribution in [1.29, 1.82) is 0 Å². The SMILES string of the molecule is CC.CC[N+](=CNc1c(C)cc(C)cc1C)c1c(C)cc(C)cc1C. The van der Waals surface area contributed by atoms with E-state index < -0.39 is 0 Å². The summed E-state index contributed by atoms with van der Waals surface area (Å²) in [7, 11) is 0. The van der Waals surface area contributed by atoms with Crippen LogP contribution in [-0.2, 0) is 0 Å². The van der Waals surface area contributed by atoms with Gasteiger partial charge < -0.3 is 0 Å². The summed E-state index contributed by atoms with van der Waals surface area (Å²) >= 11 is 0. The molecule has 2 rings (SSSR count). The van der Waals surface area contributed by atoms with Crippen LogP contribution in [0.3, 0.4) is 0 Å². The highest BCUT2D eigenvalue weighted by Gasteiger charge is 2.13. The van der Waals surface area contributed by atoms with Gasteiger partial charge in [0.15, 0.2) is 0 Å². The van der Waals surface area contributed by atoms with Crippen molar-refractivity contribution in [2.24, 2.45) is 0 Å². The monoisotopic (exact) mass is 339 g/mol. The summed E-state index contributed by atoms with van der Waals surface area (Å²) < 4.78 is 2.29. The van der Waals surface area contributed by atoms with Crippen molar-refractivity contribution in [3.05, 3.63) is 57.6 Å². The van der Waals surface area contributed by atoms with Crippen LogP contribution >= 0.6 is 0 Å². The summed E-state index contributed by atoms with van der Waals surface area (Å²) in [4.78, 5) is 0. The van der Waals surface area contributed by atoms with Gasteiger partial charge >= 0.3 is 0 Å². The van der Waals surface area contributed by atoms with Crippen LogP contribution in [0, 0.1) is 41.5 Å². The molecule has 2 nitrogen and oxygen atoms in total. The summed E-state index contributed by atoms with van der Waals surface area (Å²) in [5.41, 5.74) is 10.3. The molecule has 0 unspecified atom stereocenters. The van der Waals surface area contributed by atoms with E-state index in [9.17, 15) is 0 Å². The first-order valence-corrected chi connectivity index (χ1v) is 9.35. The van der Waals surface area contributed by atoms with E-state index in [2.05, 4.69) is 89.0 Å². The van der Waals surface area contributed by atoms with Gasteiger partial charge in [0, 0.05) is 0 Å². The van der Waals surface area contributed by atoms with Crippen molar-refractivity contribution in [2.75, 3.05) is 11.9 Å². The minimum Gasteiger partial charge on any atom is -0.247 e. The molecule has 0 radical (unpaired) electrons. The van der Waals surface area contributed by atoms with Crippen LogP contribution in [0.15, 0.2) is 24.3 Å². The summed E-state index contributed by atoms with van der Waals surface area (Å²) in [5, 5.41) is 3.53. The Kier molecular flexibility index (Phi) is 7.89. The van der Waals surface area contributed by atoms with Crippen molar-refractivity contribution in [3.63, 3.8) is 0 Å². The van der Waals surface area contributed by atoms with Crippen LogP contribution in [0.4, 0.5) is 11.4 Å². The highest BCUT2D eigenvalue weighted by molar-refractivity contribution is 5.77. The molecule has 0 aliphatic carbocycles. The first kappa shape index (κ1) is 21.0. The van der Waals surface area contributed by atoms with Crippen molar-refractivity contribution in [1.82, 2.24) is 0 Å². The fourth-order valence-corrected chi connectivity index (χ4v) is 3.49. The first-order valence-electron chi connectivity index (χ1n) is 9.35. The number of rotatable bonds is 4. The Morgan fingerprint density at radius 3 is 1.56 bits per heavy atom. The minimum atomic E-state index is 0.932. The molecule has 0 bridgehead atoms. The van der Waals surface area contributed by atoms with Gasteiger partial charge in [-0.15, -0.1) is 0 Å². The van der Waals surface area contributed by atoms with Crippen molar-refractivity contribution < 1.29 is 4.58 Å². The van der Waals surface area contributed by atoms with Crippen LogP contribution in [-0.4, -0.2) is 17.5 Å². The second-order valence-electron chi connectivity index (χ2n) is 6.58. The molecule has 2 aromatic rings. The molecule has 2 aromatic carbocycles. The number of anilines is 1. The second-order valence-corrected chi connectivity index (χ2v) is 6.58. The van der Waals surface area contributed by atoms with E-state index >= 15 is 0 Å². The Balaban J connectivity index is 0.00000151. The average Bonchev–Trinajstić information content (AvgIpc) is 2.53. The maximum Gasteiger partial charge on any atom is 0.242 e.